The molecular formula is C23H20N2O6. The first-order valence-corrected chi connectivity index (χ1v) is 9.41. The number of ether oxygens (including phenoxy) is 2. The van der Waals surface area contributed by atoms with Crippen molar-refractivity contribution in [1.29, 1.82) is 0 Å². The van der Waals surface area contributed by atoms with E-state index in [4.69, 9.17) is 9.47 Å². The zero-order valence-corrected chi connectivity index (χ0v) is 16.7. The number of nitro benzene ring substituents is 1. The predicted octanol–water partition coefficient (Wildman–Crippen LogP) is 4.28. The van der Waals surface area contributed by atoms with Crippen molar-refractivity contribution >= 4 is 23.3 Å². The number of rotatable bonds is 8. The van der Waals surface area contributed by atoms with Crippen LogP contribution >= 0.6 is 0 Å². The molecule has 1 N–H and O–H groups in total. The molecule has 3 rings (SSSR count). The van der Waals surface area contributed by atoms with Gasteiger partial charge in [0, 0.05) is 17.8 Å². The zero-order chi connectivity index (χ0) is 22.2. The molecule has 3 aromatic carbocycles. The van der Waals surface area contributed by atoms with Crippen molar-refractivity contribution in [2.24, 2.45) is 0 Å². The first kappa shape index (κ1) is 21.5. The molecule has 0 atom stereocenters. The van der Waals surface area contributed by atoms with E-state index < -0.39 is 23.4 Å². The summed E-state index contributed by atoms with van der Waals surface area (Å²) < 4.78 is 10.8. The van der Waals surface area contributed by atoms with E-state index in [0.29, 0.717) is 23.6 Å². The number of carbonyl (C=O) groups excluding carboxylic acids is 2. The van der Waals surface area contributed by atoms with Gasteiger partial charge in [0.25, 0.3) is 11.6 Å². The molecule has 0 aliphatic carbocycles. The summed E-state index contributed by atoms with van der Waals surface area (Å²) in [6.45, 7) is 1.50. The van der Waals surface area contributed by atoms with Crippen molar-refractivity contribution in [3.05, 3.63) is 99.6 Å². The van der Waals surface area contributed by atoms with Crippen molar-refractivity contribution < 1.29 is 24.0 Å². The van der Waals surface area contributed by atoms with Crippen molar-refractivity contribution in [2.45, 2.75) is 13.5 Å². The number of nitrogens with zero attached hydrogens (tertiary/aromatic N) is 1. The zero-order valence-electron chi connectivity index (χ0n) is 16.7. The van der Waals surface area contributed by atoms with Gasteiger partial charge in [-0.3, -0.25) is 14.9 Å². The second-order valence-corrected chi connectivity index (χ2v) is 6.68. The van der Waals surface area contributed by atoms with Crippen LogP contribution in [0.25, 0.3) is 0 Å². The molecular weight excluding hydrogens is 400 g/mol. The molecule has 3 aromatic rings. The van der Waals surface area contributed by atoms with E-state index in [1.807, 2.05) is 30.3 Å². The minimum atomic E-state index is -0.666. The van der Waals surface area contributed by atoms with Gasteiger partial charge in [-0.05, 0) is 42.3 Å². The van der Waals surface area contributed by atoms with Crippen LogP contribution in [0, 0.1) is 17.0 Å². The van der Waals surface area contributed by atoms with Crippen LogP contribution in [0.5, 0.6) is 5.75 Å². The lowest BCUT2D eigenvalue weighted by atomic mass is 10.2. The average Bonchev–Trinajstić information content (AvgIpc) is 2.78. The quantitative estimate of drug-likeness (QED) is 0.331. The third-order valence-electron chi connectivity index (χ3n) is 4.35. The number of anilines is 1. The minimum absolute atomic E-state index is 0.0729. The molecule has 0 fully saturated rings. The monoisotopic (exact) mass is 420 g/mol. The SMILES string of the molecule is Cc1cc([N+](=O)[O-])ccc1NC(=O)COC(=O)c1cccc(OCc2ccccc2)c1. The summed E-state index contributed by atoms with van der Waals surface area (Å²) in [5, 5.41) is 13.4. The second kappa shape index (κ2) is 10.0. The average molecular weight is 420 g/mol. The molecule has 0 bridgehead atoms. The van der Waals surface area contributed by atoms with Gasteiger partial charge in [0.15, 0.2) is 6.61 Å². The Labute approximate surface area is 178 Å². The topological polar surface area (TPSA) is 108 Å². The lowest BCUT2D eigenvalue weighted by Crippen LogP contribution is -2.21. The molecule has 8 heteroatoms. The number of benzene rings is 3. The molecule has 0 aliphatic heterocycles. The van der Waals surface area contributed by atoms with Gasteiger partial charge in [-0.1, -0.05) is 36.4 Å². The fourth-order valence-electron chi connectivity index (χ4n) is 2.76. The number of esters is 1. The highest BCUT2D eigenvalue weighted by Gasteiger charge is 2.13. The first-order valence-electron chi connectivity index (χ1n) is 9.41. The Morgan fingerprint density at radius 2 is 1.77 bits per heavy atom. The van der Waals surface area contributed by atoms with Gasteiger partial charge in [-0.2, -0.15) is 0 Å². The van der Waals surface area contributed by atoms with E-state index in [2.05, 4.69) is 5.32 Å². The van der Waals surface area contributed by atoms with Crippen molar-refractivity contribution in [2.75, 3.05) is 11.9 Å². The molecule has 0 aromatic heterocycles. The Balaban J connectivity index is 1.53. The normalized spacial score (nSPS) is 10.2. The first-order chi connectivity index (χ1) is 14.9. The Hall–Kier alpha value is -4.20. The molecule has 31 heavy (non-hydrogen) atoms. The number of hydrogen-bond acceptors (Lipinski definition) is 6. The summed E-state index contributed by atoms with van der Waals surface area (Å²) in [5.74, 6) is -0.716. The molecule has 0 saturated carbocycles. The van der Waals surface area contributed by atoms with Gasteiger partial charge in [-0.15, -0.1) is 0 Å². The molecule has 0 unspecified atom stereocenters. The minimum Gasteiger partial charge on any atom is -0.489 e. The largest absolute Gasteiger partial charge is 0.489 e. The van der Waals surface area contributed by atoms with Crippen molar-refractivity contribution in [3.8, 4) is 5.75 Å². The number of nitro groups is 1. The number of non-ortho nitro benzene ring substituents is 1. The summed E-state index contributed by atoms with van der Waals surface area (Å²) in [4.78, 5) is 34.7. The van der Waals surface area contributed by atoms with Crippen LogP contribution in [0.4, 0.5) is 11.4 Å². The number of nitrogens with one attached hydrogen (secondary N) is 1. The third kappa shape index (κ3) is 6.14. The molecule has 0 spiro atoms. The molecule has 0 saturated heterocycles. The van der Waals surface area contributed by atoms with E-state index in [1.165, 1.54) is 18.2 Å². The molecule has 1 amide bonds. The van der Waals surface area contributed by atoms with E-state index in [0.717, 1.165) is 5.56 Å². The number of aryl methyl sites for hydroxylation is 1. The second-order valence-electron chi connectivity index (χ2n) is 6.68. The van der Waals surface area contributed by atoms with E-state index in [1.54, 1.807) is 31.2 Å². The summed E-state index contributed by atoms with van der Waals surface area (Å²) >= 11 is 0. The Bertz CT molecular complexity index is 1100. The maximum atomic E-state index is 12.3. The number of carbonyl (C=O) groups is 2. The van der Waals surface area contributed by atoms with Gasteiger partial charge in [0.05, 0.1) is 10.5 Å². The van der Waals surface area contributed by atoms with Crippen LogP contribution in [0.1, 0.15) is 21.5 Å². The highest BCUT2D eigenvalue weighted by molar-refractivity contribution is 5.96. The van der Waals surface area contributed by atoms with Gasteiger partial charge in [0.1, 0.15) is 12.4 Å². The summed E-state index contributed by atoms with van der Waals surface area (Å²) in [6, 6.07) is 20.2. The van der Waals surface area contributed by atoms with Gasteiger partial charge >= 0.3 is 5.97 Å². The van der Waals surface area contributed by atoms with Crippen LogP contribution < -0.4 is 10.1 Å². The molecule has 0 radical (unpaired) electrons. The van der Waals surface area contributed by atoms with Crippen LogP contribution in [0.15, 0.2) is 72.8 Å². The van der Waals surface area contributed by atoms with E-state index >= 15 is 0 Å². The Morgan fingerprint density at radius 3 is 2.48 bits per heavy atom. The fourth-order valence-corrected chi connectivity index (χ4v) is 2.76. The molecule has 0 heterocycles. The highest BCUT2D eigenvalue weighted by atomic mass is 16.6. The molecule has 158 valence electrons. The van der Waals surface area contributed by atoms with Crippen LogP contribution in [0.2, 0.25) is 0 Å². The van der Waals surface area contributed by atoms with Crippen LogP contribution in [-0.4, -0.2) is 23.4 Å². The molecule has 8 nitrogen and oxygen atoms in total. The van der Waals surface area contributed by atoms with Crippen LogP contribution in [0.3, 0.4) is 0 Å². The van der Waals surface area contributed by atoms with Crippen molar-refractivity contribution in [1.82, 2.24) is 0 Å². The Morgan fingerprint density at radius 1 is 1.00 bits per heavy atom. The Kier molecular flexibility index (Phi) is 6.95. The smallest absolute Gasteiger partial charge is 0.338 e. The maximum absolute atomic E-state index is 12.3. The third-order valence-corrected chi connectivity index (χ3v) is 4.35. The predicted molar refractivity (Wildman–Crippen MR) is 114 cm³/mol. The molecule has 0 aliphatic rings. The van der Waals surface area contributed by atoms with E-state index in [-0.39, 0.29) is 11.3 Å². The maximum Gasteiger partial charge on any atom is 0.338 e. The van der Waals surface area contributed by atoms with Gasteiger partial charge in [0.2, 0.25) is 0 Å². The van der Waals surface area contributed by atoms with Crippen LogP contribution in [-0.2, 0) is 16.1 Å². The number of amides is 1. The summed E-state index contributed by atoms with van der Waals surface area (Å²) in [6.07, 6.45) is 0. The lowest BCUT2D eigenvalue weighted by molar-refractivity contribution is -0.384. The van der Waals surface area contributed by atoms with E-state index in [9.17, 15) is 19.7 Å². The van der Waals surface area contributed by atoms with Crippen molar-refractivity contribution in [3.63, 3.8) is 0 Å². The standard InChI is InChI=1S/C23H20N2O6/c1-16-12-19(25(28)29)10-11-21(16)24-22(26)15-31-23(27)18-8-5-9-20(13-18)30-14-17-6-3-2-4-7-17/h2-13H,14-15H2,1H3,(H,24,26). The van der Waals surface area contributed by atoms with Gasteiger partial charge in [-0.25, -0.2) is 4.79 Å². The fraction of sp³-hybridized carbons (Fsp3) is 0.130. The summed E-state index contributed by atoms with van der Waals surface area (Å²) in [5.41, 5.74) is 2.11. The van der Waals surface area contributed by atoms with Gasteiger partial charge < -0.3 is 14.8 Å². The number of hydrogen-bond donors (Lipinski definition) is 1. The summed E-state index contributed by atoms with van der Waals surface area (Å²) in [7, 11) is 0. The highest BCUT2D eigenvalue weighted by Crippen LogP contribution is 2.21. The lowest BCUT2D eigenvalue weighted by Gasteiger charge is -2.10.